The Morgan fingerprint density at radius 3 is 2.67 bits per heavy atom. The molecule has 1 aliphatic carbocycles. The maximum Gasteiger partial charge on any atom is 0.0184 e. The van der Waals surface area contributed by atoms with E-state index in [1.54, 1.807) is 11.1 Å². The van der Waals surface area contributed by atoms with Gasteiger partial charge in [0.05, 0.1) is 0 Å². The molecule has 2 unspecified atom stereocenters. The number of aryl methyl sites for hydroxylation is 1. The fourth-order valence-corrected chi connectivity index (χ4v) is 3.41. The minimum atomic E-state index is 0.311. The molecule has 2 atom stereocenters. The predicted octanol–water partition coefficient (Wildman–Crippen LogP) is 4.13. The lowest BCUT2D eigenvalue weighted by molar-refractivity contribution is 0.221. The number of nitrogens with one attached hydrogen (secondary N) is 1. The van der Waals surface area contributed by atoms with Gasteiger partial charge < -0.3 is 5.32 Å². The van der Waals surface area contributed by atoms with Crippen LogP contribution in [0.2, 0.25) is 0 Å². The molecule has 0 radical (unpaired) electrons. The monoisotopic (exact) mass is 245 g/mol. The van der Waals surface area contributed by atoms with Gasteiger partial charge in [0.1, 0.15) is 0 Å². The van der Waals surface area contributed by atoms with Crippen molar-refractivity contribution < 1.29 is 0 Å². The first-order valence-corrected chi connectivity index (χ1v) is 7.35. The molecule has 1 nitrogen and oxygen atoms in total. The molecule has 0 amide bonds. The van der Waals surface area contributed by atoms with Crippen LogP contribution in [0.4, 0.5) is 0 Å². The summed E-state index contributed by atoms with van der Waals surface area (Å²) in [6, 6.07) is 9.61. The van der Waals surface area contributed by atoms with Crippen molar-refractivity contribution >= 4 is 0 Å². The van der Waals surface area contributed by atoms with E-state index in [-0.39, 0.29) is 0 Å². The first kappa shape index (κ1) is 13.6. The van der Waals surface area contributed by atoms with Crippen LogP contribution >= 0.6 is 0 Å². The average Bonchev–Trinajstić information content (AvgIpc) is 2.34. The Kier molecular flexibility index (Phi) is 4.11. The molecular formula is C17H27N. The molecule has 0 aliphatic heterocycles. The fraction of sp³-hybridized carbons (Fsp3) is 0.647. The van der Waals surface area contributed by atoms with Gasteiger partial charge in [-0.05, 0) is 42.3 Å². The Morgan fingerprint density at radius 2 is 2.00 bits per heavy atom. The SMILES string of the molecule is CCNC(C1CCCc2ccccc21)C(C)(C)C. The number of hydrogen-bond acceptors (Lipinski definition) is 1. The molecule has 1 N–H and O–H groups in total. The molecule has 2 rings (SSSR count). The smallest absolute Gasteiger partial charge is 0.0184 e. The zero-order chi connectivity index (χ0) is 13.2. The van der Waals surface area contributed by atoms with Crippen LogP contribution in [-0.4, -0.2) is 12.6 Å². The van der Waals surface area contributed by atoms with E-state index in [0.717, 1.165) is 6.54 Å². The fourth-order valence-electron chi connectivity index (χ4n) is 3.41. The molecule has 1 aromatic carbocycles. The largest absolute Gasteiger partial charge is 0.313 e. The van der Waals surface area contributed by atoms with Gasteiger partial charge in [-0.25, -0.2) is 0 Å². The van der Waals surface area contributed by atoms with Crippen molar-refractivity contribution in [2.75, 3.05) is 6.54 Å². The van der Waals surface area contributed by atoms with Gasteiger partial charge in [-0.2, -0.15) is 0 Å². The van der Waals surface area contributed by atoms with E-state index >= 15 is 0 Å². The predicted molar refractivity (Wildman–Crippen MR) is 79.0 cm³/mol. The topological polar surface area (TPSA) is 12.0 Å². The third-order valence-corrected chi connectivity index (χ3v) is 4.18. The van der Waals surface area contributed by atoms with Crippen LogP contribution < -0.4 is 5.32 Å². The highest BCUT2D eigenvalue weighted by molar-refractivity contribution is 5.34. The van der Waals surface area contributed by atoms with Crippen LogP contribution in [-0.2, 0) is 6.42 Å². The molecule has 0 spiro atoms. The van der Waals surface area contributed by atoms with E-state index in [1.807, 2.05) is 0 Å². The van der Waals surface area contributed by atoms with E-state index in [1.165, 1.54) is 19.3 Å². The molecule has 1 aromatic rings. The van der Waals surface area contributed by atoms with Crippen molar-refractivity contribution in [3.63, 3.8) is 0 Å². The summed E-state index contributed by atoms with van der Waals surface area (Å²) in [5.74, 6) is 0.676. The van der Waals surface area contributed by atoms with Gasteiger partial charge in [0.25, 0.3) is 0 Å². The van der Waals surface area contributed by atoms with Gasteiger partial charge in [0.2, 0.25) is 0 Å². The molecule has 18 heavy (non-hydrogen) atoms. The number of fused-ring (bicyclic) bond motifs is 1. The summed E-state index contributed by atoms with van der Waals surface area (Å²) in [5, 5.41) is 3.73. The van der Waals surface area contributed by atoms with Crippen molar-refractivity contribution in [1.29, 1.82) is 0 Å². The summed E-state index contributed by atoms with van der Waals surface area (Å²) in [5.41, 5.74) is 3.47. The highest BCUT2D eigenvalue weighted by Crippen LogP contribution is 2.39. The van der Waals surface area contributed by atoms with Gasteiger partial charge in [0.15, 0.2) is 0 Å². The first-order chi connectivity index (χ1) is 8.54. The zero-order valence-electron chi connectivity index (χ0n) is 12.3. The Balaban J connectivity index is 2.32. The third-order valence-electron chi connectivity index (χ3n) is 4.18. The summed E-state index contributed by atoms with van der Waals surface area (Å²) in [6.07, 6.45) is 3.92. The van der Waals surface area contributed by atoms with Gasteiger partial charge >= 0.3 is 0 Å². The van der Waals surface area contributed by atoms with E-state index in [9.17, 15) is 0 Å². The lowest BCUT2D eigenvalue weighted by Crippen LogP contribution is -2.45. The molecular weight excluding hydrogens is 218 g/mol. The zero-order valence-corrected chi connectivity index (χ0v) is 12.3. The Bertz CT molecular complexity index is 389. The summed E-state index contributed by atoms with van der Waals surface area (Å²) in [6.45, 7) is 10.3. The molecule has 1 aliphatic rings. The van der Waals surface area contributed by atoms with Crippen LogP contribution in [0.1, 0.15) is 57.6 Å². The Morgan fingerprint density at radius 1 is 1.28 bits per heavy atom. The number of likely N-dealkylation sites (N-methyl/N-ethyl adjacent to an activating group) is 1. The second-order valence-electron chi connectivity index (χ2n) is 6.60. The average molecular weight is 245 g/mol. The molecule has 0 heterocycles. The normalized spacial score (nSPS) is 21.4. The second kappa shape index (κ2) is 5.44. The molecule has 1 heteroatoms. The van der Waals surface area contributed by atoms with Gasteiger partial charge in [0, 0.05) is 12.0 Å². The van der Waals surface area contributed by atoms with Crippen LogP contribution in [0.25, 0.3) is 0 Å². The van der Waals surface area contributed by atoms with Crippen LogP contribution in [0.3, 0.4) is 0 Å². The minimum Gasteiger partial charge on any atom is -0.313 e. The Hall–Kier alpha value is -0.820. The van der Waals surface area contributed by atoms with Crippen molar-refractivity contribution in [1.82, 2.24) is 5.32 Å². The van der Waals surface area contributed by atoms with E-state index < -0.39 is 0 Å². The number of benzene rings is 1. The van der Waals surface area contributed by atoms with Crippen LogP contribution in [0.5, 0.6) is 0 Å². The van der Waals surface area contributed by atoms with Crippen molar-refractivity contribution in [2.24, 2.45) is 5.41 Å². The highest BCUT2D eigenvalue weighted by atomic mass is 14.9. The molecule has 0 fully saturated rings. The number of rotatable bonds is 3. The van der Waals surface area contributed by atoms with Crippen molar-refractivity contribution in [3.8, 4) is 0 Å². The summed E-state index contributed by atoms with van der Waals surface area (Å²) < 4.78 is 0. The van der Waals surface area contributed by atoms with E-state index in [4.69, 9.17) is 0 Å². The van der Waals surface area contributed by atoms with Crippen molar-refractivity contribution in [2.45, 2.75) is 58.9 Å². The lowest BCUT2D eigenvalue weighted by atomic mass is 9.70. The third kappa shape index (κ3) is 2.77. The second-order valence-corrected chi connectivity index (χ2v) is 6.60. The highest BCUT2D eigenvalue weighted by Gasteiger charge is 2.34. The van der Waals surface area contributed by atoms with Crippen LogP contribution in [0, 0.1) is 5.41 Å². The summed E-state index contributed by atoms with van der Waals surface area (Å²) >= 11 is 0. The van der Waals surface area contributed by atoms with Crippen molar-refractivity contribution in [3.05, 3.63) is 35.4 Å². The molecule has 0 saturated heterocycles. The van der Waals surface area contributed by atoms with Gasteiger partial charge in [-0.1, -0.05) is 52.0 Å². The standard InChI is InChI=1S/C17H27N/c1-5-18-16(17(2,3)4)15-12-8-10-13-9-6-7-11-14(13)15/h6-7,9,11,15-16,18H,5,8,10,12H2,1-4H3. The maximum atomic E-state index is 3.73. The van der Waals surface area contributed by atoms with Gasteiger partial charge in [-0.15, -0.1) is 0 Å². The lowest BCUT2D eigenvalue weighted by Gasteiger charge is -2.40. The molecule has 0 bridgehead atoms. The maximum absolute atomic E-state index is 3.73. The first-order valence-electron chi connectivity index (χ1n) is 7.35. The minimum absolute atomic E-state index is 0.311. The molecule has 0 saturated carbocycles. The van der Waals surface area contributed by atoms with Gasteiger partial charge in [-0.3, -0.25) is 0 Å². The molecule has 100 valence electrons. The Labute approximate surface area is 112 Å². The quantitative estimate of drug-likeness (QED) is 0.844. The number of hydrogen-bond donors (Lipinski definition) is 1. The van der Waals surface area contributed by atoms with E-state index in [2.05, 4.69) is 57.3 Å². The van der Waals surface area contributed by atoms with Crippen LogP contribution in [0.15, 0.2) is 24.3 Å². The van der Waals surface area contributed by atoms with E-state index in [0.29, 0.717) is 17.4 Å². The summed E-state index contributed by atoms with van der Waals surface area (Å²) in [7, 11) is 0. The summed E-state index contributed by atoms with van der Waals surface area (Å²) in [4.78, 5) is 0. The molecule has 0 aromatic heterocycles.